The van der Waals surface area contributed by atoms with Crippen LogP contribution in [0.25, 0.3) is 11.1 Å². The third-order valence-electron chi connectivity index (χ3n) is 2.62. The molecule has 0 radical (unpaired) electrons. The van der Waals surface area contributed by atoms with E-state index in [1.165, 1.54) is 31.5 Å². The topological polar surface area (TPSA) is 113 Å². The molecule has 3 N–H and O–H groups in total. The molecule has 2 rings (SSSR count). The van der Waals surface area contributed by atoms with E-state index in [1.54, 1.807) is 0 Å². The Labute approximate surface area is 119 Å². The van der Waals surface area contributed by atoms with E-state index < -0.39 is 23.3 Å². The van der Waals surface area contributed by atoms with Gasteiger partial charge in [-0.1, -0.05) is 6.58 Å². The summed E-state index contributed by atoms with van der Waals surface area (Å²) in [4.78, 5) is 18.7. The number of carbonyl (C=O) groups excluding carboxylic acids is 1. The van der Waals surface area contributed by atoms with Crippen LogP contribution in [-0.4, -0.2) is 31.3 Å². The third kappa shape index (κ3) is 2.76. The van der Waals surface area contributed by atoms with Gasteiger partial charge in [-0.3, -0.25) is 0 Å². The second kappa shape index (κ2) is 5.49. The summed E-state index contributed by atoms with van der Waals surface area (Å²) in [6.45, 7) is 4.88. The number of carbonyl (C=O) groups is 1. The molecule has 0 aliphatic heterocycles. The molecule has 0 spiro atoms. The van der Waals surface area contributed by atoms with E-state index in [9.17, 15) is 20.1 Å². The highest BCUT2D eigenvalue weighted by molar-refractivity contribution is 5.89. The first-order valence-electron chi connectivity index (χ1n) is 5.84. The summed E-state index contributed by atoms with van der Waals surface area (Å²) >= 11 is 0. The summed E-state index contributed by atoms with van der Waals surface area (Å²) < 4.78 is 4.88. The van der Waals surface area contributed by atoms with E-state index >= 15 is 0 Å². The summed E-state index contributed by atoms with van der Waals surface area (Å²) in [6.07, 6.45) is 2.54. The van der Waals surface area contributed by atoms with Gasteiger partial charge in [-0.2, -0.15) is 0 Å². The maximum atomic E-state index is 11.5. The average molecular weight is 288 g/mol. The Bertz CT molecular complexity index is 727. The fraction of sp³-hybridized carbons (Fsp3) is 0.0714. The highest BCUT2D eigenvalue weighted by Gasteiger charge is 2.18. The standard InChI is InChI=1S/C14H12N2O5/c1-7(2)14(20)21-13-11(18)9(4-6-16-13)8-3-5-15-12(19)10(8)17/h3-6,17-18H,1H2,2H3,(H,15,19). The van der Waals surface area contributed by atoms with E-state index in [0.29, 0.717) is 0 Å². The van der Waals surface area contributed by atoms with Crippen LogP contribution in [0.15, 0.2) is 36.7 Å². The zero-order chi connectivity index (χ0) is 15.6. The van der Waals surface area contributed by atoms with Crippen LogP contribution in [0.2, 0.25) is 0 Å². The van der Waals surface area contributed by atoms with Gasteiger partial charge in [-0.25, -0.2) is 14.8 Å². The first-order valence-corrected chi connectivity index (χ1v) is 5.84. The van der Waals surface area contributed by atoms with Crippen molar-refractivity contribution in [3.8, 4) is 34.4 Å². The first-order chi connectivity index (χ1) is 9.91. The number of nitrogens with zero attached hydrogens (tertiary/aromatic N) is 2. The molecule has 2 aromatic heterocycles. The molecule has 21 heavy (non-hydrogen) atoms. The normalized spacial score (nSPS) is 10.1. The van der Waals surface area contributed by atoms with E-state index in [4.69, 9.17) is 4.74 Å². The van der Waals surface area contributed by atoms with Crippen LogP contribution in [0.1, 0.15) is 6.92 Å². The largest absolute Gasteiger partial charge is 0.503 e. The molecule has 7 heteroatoms. The quantitative estimate of drug-likeness (QED) is 0.582. The van der Waals surface area contributed by atoms with Gasteiger partial charge in [-0.15, -0.1) is 0 Å². The fourth-order valence-electron chi connectivity index (χ4n) is 1.56. The molecule has 0 aliphatic rings. The first kappa shape index (κ1) is 14.3. The summed E-state index contributed by atoms with van der Waals surface area (Å²) in [5, 5.41) is 29.3. The summed E-state index contributed by atoms with van der Waals surface area (Å²) in [7, 11) is 0. The van der Waals surface area contributed by atoms with Gasteiger partial charge < -0.3 is 20.1 Å². The monoisotopic (exact) mass is 288 g/mol. The van der Waals surface area contributed by atoms with E-state index in [0.717, 1.165) is 0 Å². The lowest BCUT2D eigenvalue weighted by Gasteiger charge is -2.10. The molecule has 0 saturated carbocycles. The number of esters is 1. The van der Waals surface area contributed by atoms with Crippen LogP contribution in [0, 0.1) is 0 Å². The van der Waals surface area contributed by atoms with Gasteiger partial charge in [0.05, 0.1) is 0 Å². The minimum atomic E-state index is -0.739. The van der Waals surface area contributed by atoms with Crippen molar-refractivity contribution in [2.75, 3.05) is 0 Å². The molecule has 2 aromatic rings. The summed E-state index contributed by atoms with van der Waals surface area (Å²) in [5.74, 6) is -2.60. The van der Waals surface area contributed by atoms with Gasteiger partial charge in [0, 0.05) is 29.1 Å². The van der Waals surface area contributed by atoms with Crippen LogP contribution in [-0.2, 0) is 4.79 Å². The predicted molar refractivity (Wildman–Crippen MR) is 72.9 cm³/mol. The molecule has 0 unspecified atom stereocenters. The lowest BCUT2D eigenvalue weighted by atomic mass is 10.1. The molecule has 0 saturated heterocycles. The Morgan fingerprint density at radius 1 is 1.10 bits per heavy atom. The van der Waals surface area contributed by atoms with Crippen molar-refractivity contribution >= 4 is 5.97 Å². The maximum Gasteiger partial charge on any atom is 0.339 e. The molecule has 0 amide bonds. The number of hydrogen-bond donors (Lipinski definition) is 3. The second-order valence-electron chi connectivity index (χ2n) is 4.21. The van der Waals surface area contributed by atoms with Crippen molar-refractivity contribution in [2.24, 2.45) is 0 Å². The van der Waals surface area contributed by atoms with Crippen LogP contribution in [0.3, 0.4) is 0 Å². The number of hydrogen-bond acceptors (Lipinski definition) is 7. The lowest BCUT2D eigenvalue weighted by molar-refractivity contribution is -0.130. The smallest absolute Gasteiger partial charge is 0.339 e. The Kier molecular flexibility index (Phi) is 3.75. The molecule has 0 atom stereocenters. The summed E-state index contributed by atoms with van der Waals surface area (Å²) in [5.41, 5.74) is 0.394. The molecule has 0 aliphatic carbocycles. The average Bonchev–Trinajstić information content (AvgIpc) is 2.44. The Balaban J connectivity index is 2.49. The maximum absolute atomic E-state index is 11.5. The molecule has 0 aromatic carbocycles. The SMILES string of the molecule is C=C(C)C(=O)Oc1nccc(-c2ccnc(O)c2O)c1O. The van der Waals surface area contributed by atoms with Crippen molar-refractivity contribution < 1.29 is 24.9 Å². The zero-order valence-corrected chi connectivity index (χ0v) is 11.1. The molecule has 2 heterocycles. The minimum absolute atomic E-state index is 0.120. The number of ether oxygens (including phenoxy) is 1. The third-order valence-corrected chi connectivity index (χ3v) is 2.62. The van der Waals surface area contributed by atoms with Gasteiger partial charge in [0.25, 0.3) is 11.8 Å². The number of pyridine rings is 2. The van der Waals surface area contributed by atoms with Crippen molar-refractivity contribution in [1.82, 2.24) is 9.97 Å². The van der Waals surface area contributed by atoms with Crippen molar-refractivity contribution in [3.05, 3.63) is 36.7 Å². The van der Waals surface area contributed by atoms with Gasteiger partial charge in [0.1, 0.15) is 0 Å². The molecule has 0 bridgehead atoms. The van der Waals surface area contributed by atoms with E-state index in [1.807, 2.05) is 0 Å². The highest BCUT2D eigenvalue weighted by atomic mass is 16.5. The molecule has 108 valence electrons. The highest BCUT2D eigenvalue weighted by Crippen LogP contribution is 2.41. The van der Waals surface area contributed by atoms with E-state index in [-0.39, 0.29) is 22.6 Å². The van der Waals surface area contributed by atoms with Crippen LogP contribution >= 0.6 is 0 Å². The summed E-state index contributed by atoms with van der Waals surface area (Å²) in [6, 6.07) is 2.77. The Morgan fingerprint density at radius 2 is 1.67 bits per heavy atom. The lowest BCUT2D eigenvalue weighted by Crippen LogP contribution is -2.09. The van der Waals surface area contributed by atoms with Crippen molar-refractivity contribution in [2.45, 2.75) is 6.92 Å². The molecular weight excluding hydrogens is 276 g/mol. The second-order valence-corrected chi connectivity index (χ2v) is 4.21. The predicted octanol–water partition coefficient (Wildman–Crippen LogP) is 1.74. The van der Waals surface area contributed by atoms with Crippen LogP contribution < -0.4 is 4.74 Å². The van der Waals surface area contributed by atoms with Crippen LogP contribution in [0.4, 0.5) is 0 Å². The number of aromatic hydroxyl groups is 3. The number of rotatable bonds is 3. The van der Waals surface area contributed by atoms with Crippen LogP contribution in [0.5, 0.6) is 23.3 Å². The zero-order valence-electron chi connectivity index (χ0n) is 11.1. The molecule has 7 nitrogen and oxygen atoms in total. The van der Waals surface area contributed by atoms with Gasteiger partial charge in [-0.05, 0) is 19.1 Å². The van der Waals surface area contributed by atoms with Gasteiger partial charge >= 0.3 is 5.97 Å². The molecule has 0 fully saturated rings. The molecular formula is C14H12N2O5. The fourth-order valence-corrected chi connectivity index (χ4v) is 1.56. The van der Waals surface area contributed by atoms with Crippen molar-refractivity contribution in [1.29, 1.82) is 0 Å². The number of aromatic nitrogens is 2. The van der Waals surface area contributed by atoms with Gasteiger partial charge in [0.2, 0.25) is 0 Å². The minimum Gasteiger partial charge on any atom is -0.503 e. The van der Waals surface area contributed by atoms with E-state index in [2.05, 4.69) is 16.5 Å². The van der Waals surface area contributed by atoms with Gasteiger partial charge in [0.15, 0.2) is 11.5 Å². The Hall–Kier alpha value is -3.09. The van der Waals surface area contributed by atoms with Crippen molar-refractivity contribution in [3.63, 3.8) is 0 Å². The Morgan fingerprint density at radius 3 is 2.29 bits per heavy atom.